The largest absolute Gasteiger partial charge is 0.365 e. The SMILES string of the molecule is O=[N+]([O-])/C=C1\NCCN1CC1SCCS1. The highest BCUT2D eigenvalue weighted by Gasteiger charge is 2.25. The maximum absolute atomic E-state index is 10.4. The number of rotatable bonds is 3. The molecular formula is C8H13N3O2S2. The van der Waals surface area contributed by atoms with Crippen molar-refractivity contribution in [2.45, 2.75) is 4.58 Å². The van der Waals surface area contributed by atoms with Gasteiger partial charge in [0.05, 0.1) is 9.51 Å². The molecule has 1 N–H and O–H groups in total. The van der Waals surface area contributed by atoms with Crippen molar-refractivity contribution in [3.8, 4) is 0 Å². The van der Waals surface area contributed by atoms with Crippen molar-refractivity contribution < 1.29 is 4.92 Å². The highest BCUT2D eigenvalue weighted by atomic mass is 32.2. The predicted molar refractivity (Wildman–Crippen MR) is 63.4 cm³/mol. The maximum atomic E-state index is 10.4. The third kappa shape index (κ3) is 2.94. The number of hydrogen-bond donors (Lipinski definition) is 1. The molecule has 2 fully saturated rings. The summed E-state index contributed by atoms with van der Waals surface area (Å²) in [4.78, 5) is 12.1. The quantitative estimate of drug-likeness (QED) is 0.587. The smallest absolute Gasteiger partial charge is 0.274 e. The summed E-state index contributed by atoms with van der Waals surface area (Å²) in [6.07, 6.45) is 1.07. The van der Waals surface area contributed by atoms with Crippen LogP contribution in [0.1, 0.15) is 0 Å². The van der Waals surface area contributed by atoms with Crippen molar-refractivity contribution in [1.29, 1.82) is 0 Å². The van der Waals surface area contributed by atoms with Crippen LogP contribution < -0.4 is 5.32 Å². The Labute approximate surface area is 96.8 Å². The highest BCUT2D eigenvalue weighted by molar-refractivity contribution is 8.20. The molecule has 84 valence electrons. The molecule has 2 aliphatic heterocycles. The molecule has 2 rings (SSSR count). The van der Waals surface area contributed by atoms with Gasteiger partial charge in [-0.25, -0.2) is 0 Å². The zero-order valence-corrected chi connectivity index (χ0v) is 9.85. The molecule has 0 saturated carbocycles. The van der Waals surface area contributed by atoms with Gasteiger partial charge in [-0.2, -0.15) is 0 Å². The molecule has 5 nitrogen and oxygen atoms in total. The summed E-state index contributed by atoms with van der Waals surface area (Å²) in [5.74, 6) is 3.06. The van der Waals surface area contributed by atoms with Gasteiger partial charge in [0, 0.05) is 31.1 Å². The molecule has 0 aromatic rings. The fourth-order valence-corrected chi connectivity index (χ4v) is 4.49. The summed E-state index contributed by atoms with van der Waals surface area (Å²) in [5.41, 5.74) is 0. The van der Waals surface area contributed by atoms with E-state index in [-0.39, 0.29) is 0 Å². The molecule has 2 heterocycles. The lowest BCUT2D eigenvalue weighted by atomic mass is 10.5. The van der Waals surface area contributed by atoms with Crippen LogP contribution in [0.2, 0.25) is 0 Å². The summed E-state index contributed by atoms with van der Waals surface area (Å²) in [6, 6.07) is 0. The first kappa shape index (κ1) is 10.9. The monoisotopic (exact) mass is 247 g/mol. The number of nitrogens with zero attached hydrogens (tertiary/aromatic N) is 2. The molecule has 0 radical (unpaired) electrons. The average molecular weight is 247 g/mol. The Morgan fingerprint density at radius 1 is 1.60 bits per heavy atom. The second-order valence-corrected chi connectivity index (χ2v) is 6.26. The number of nitro groups is 1. The molecule has 2 aliphatic rings. The zero-order valence-electron chi connectivity index (χ0n) is 8.22. The fourth-order valence-electron chi connectivity index (χ4n) is 1.66. The van der Waals surface area contributed by atoms with E-state index in [0.717, 1.165) is 25.8 Å². The lowest BCUT2D eigenvalue weighted by Crippen LogP contribution is -2.26. The van der Waals surface area contributed by atoms with E-state index in [0.29, 0.717) is 10.4 Å². The minimum absolute atomic E-state index is 0.393. The first-order chi connectivity index (χ1) is 7.25. The molecule has 0 spiro atoms. The second kappa shape index (κ2) is 4.98. The predicted octanol–water partition coefficient (Wildman–Crippen LogP) is 0.773. The first-order valence-corrected chi connectivity index (χ1v) is 6.93. The van der Waals surface area contributed by atoms with E-state index >= 15 is 0 Å². The van der Waals surface area contributed by atoms with Gasteiger partial charge >= 0.3 is 0 Å². The molecule has 0 amide bonds. The molecule has 0 atom stereocenters. The highest BCUT2D eigenvalue weighted by Crippen LogP contribution is 2.33. The van der Waals surface area contributed by atoms with Gasteiger partial charge in [0.1, 0.15) is 0 Å². The first-order valence-electron chi connectivity index (χ1n) is 4.83. The standard InChI is InChI=1S/C8H13N3O2S2/c12-11(13)5-7-9-1-2-10(7)6-8-14-3-4-15-8/h5,8-9H,1-4,6H2/b7-5+. The zero-order chi connectivity index (χ0) is 10.7. The Balaban J connectivity index is 1.92. The topological polar surface area (TPSA) is 58.4 Å². The molecule has 0 aliphatic carbocycles. The molecule has 7 heteroatoms. The summed E-state index contributed by atoms with van der Waals surface area (Å²) in [5, 5.41) is 13.4. The molecule has 0 aromatic heterocycles. The minimum Gasteiger partial charge on any atom is -0.365 e. The van der Waals surface area contributed by atoms with Crippen LogP contribution in [0.4, 0.5) is 0 Å². The third-order valence-electron chi connectivity index (χ3n) is 2.32. The van der Waals surface area contributed by atoms with Crippen molar-refractivity contribution in [1.82, 2.24) is 10.2 Å². The van der Waals surface area contributed by atoms with Crippen LogP contribution in [0, 0.1) is 10.1 Å². The summed E-state index contributed by atoms with van der Waals surface area (Å²) in [7, 11) is 0. The van der Waals surface area contributed by atoms with Crippen LogP contribution in [0.5, 0.6) is 0 Å². The van der Waals surface area contributed by atoms with E-state index in [1.54, 1.807) is 0 Å². The number of hydrogen-bond acceptors (Lipinski definition) is 6. The average Bonchev–Trinajstić information content (AvgIpc) is 2.78. The van der Waals surface area contributed by atoms with Crippen LogP contribution in [-0.2, 0) is 0 Å². The Kier molecular flexibility index (Phi) is 3.63. The van der Waals surface area contributed by atoms with E-state index < -0.39 is 4.92 Å². The normalized spacial score (nSPS) is 24.8. The van der Waals surface area contributed by atoms with Gasteiger partial charge < -0.3 is 10.2 Å². The molecule has 0 aromatic carbocycles. The van der Waals surface area contributed by atoms with Gasteiger partial charge in [-0.3, -0.25) is 10.1 Å². The van der Waals surface area contributed by atoms with Crippen molar-refractivity contribution in [3.63, 3.8) is 0 Å². The Morgan fingerprint density at radius 3 is 3.00 bits per heavy atom. The van der Waals surface area contributed by atoms with Gasteiger partial charge in [0.25, 0.3) is 6.20 Å². The fraction of sp³-hybridized carbons (Fsp3) is 0.750. The van der Waals surface area contributed by atoms with Crippen LogP contribution >= 0.6 is 23.5 Å². The van der Waals surface area contributed by atoms with Crippen molar-refractivity contribution in [2.24, 2.45) is 0 Å². The van der Waals surface area contributed by atoms with Gasteiger partial charge in [0.2, 0.25) is 0 Å². The van der Waals surface area contributed by atoms with Crippen LogP contribution in [0.3, 0.4) is 0 Å². The van der Waals surface area contributed by atoms with Crippen molar-refractivity contribution in [3.05, 3.63) is 22.1 Å². The van der Waals surface area contributed by atoms with Crippen LogP contribution in [-0.4, -0.2) is 45.5 Å². The summed E-state index contributed by atoms with van der Waals surface area (Å²) < 4.78 is 0.569. The van der Waals surface area contributed by atoms with Crippen LogP contribution in [0.25, 0.3) is 0 Å². The maximum Gasteiger partial charge on any atom is 0.274 e. The molecule has 2 saturated heterocycles. The van der Waals surface area contributed by atoms with E-state index in [9.17, 15) is 10.1 Å². The molecular weight excluding hydrogens is 234 g/mol. The van der Waals surface area contributed by atoms with Gasteiger partial charge in [-0.1, -0.05) is 0 Å². The van der Waals surface area contributed by atoms with E-state index in [1.165, 1.54) is 11.5 Å². The minimum atomic E-state index is -0.393. The second-order valence-electron chi connectivity index (χ2n) is 3.34. The molecule has 15 heavy (non-hydrogen) atoms. The third-order valence-corrected chi connectivity index (χ3v) is 5.31. The van der Waals surface area contributed by atoms with E-state index in [1.807, 2.05) is 23.5 Å². The Bertz CT molecular complexity index is 279. The summed E-state index contributed by atoms with van der Waals surface area (Å²) >= 11 is 3.89. The van der Waals surface area contributed by atoms with Crippen molar-refractivity contribution in [2.75, 3.05) is 31.1 Å². The number of nitrogens with one attached hydrogen (secondary N) is 1. The van der Waals surface area contributed by atoms with Gasteiger partial charge in [-0.05, 0) is 0 Å². The van der Waals surface area contributed by atoms with E-state index in [2.05, 4.69) is 10.2 Å². The molecule has 0 bridgehead atoms. The lowest BCUT2D eigenvalue weighted by Gasteiger charge is -2.20. The van der Waals surface area contributed by atoms with Crippen LogP contribution in [0.15, 0.2) is 12.0 Å². The lowest BCUT2D eigenvalue weighted by molar-refractivity contribution is -0.404. The Hall–Kier alpha value is -0.560. The number of thioether (sulfide) groups is 2. The Morgan fingerprint density at radius 2 is 2.33 bits per heavy atom. The van der Waals surface area contributed by atoms with Gasteiger partial charge in [-0.15, -0.1) is 23.5 Å². The summed E-state index contributed by atoms with van der Waals surface area (Å²) in [6.45, 7) is 2.58. The van der Waals surface area contributed by atoms with E-state index in [4.69, 9.17) is 0 Å². The van der Waals surface area contributed by atoms with Gasteiger partial charge in [0.15, 0.2) is 5.82 Å². The van der Waals surface area contributed by atoms with Crippen molar-refractivity contribution >= 4 is 23.5 Å². The molecule has 0 unspecified atom stereocenters.